The normalized spacial score (nSPS) is 9.79. The van der Waals surface area contributed by atoms with E-state index in [0.717, 1.165) is 23.4 Å². The van der Waals surface area contributed by atoms with Crippen LogP contribution in [0.15, 0.2) is 12.4 Å². The lowest BCUT2D eigenvalue weighted by molar-refractivity contribution is 1.04. The molecule has 2 heteroatoms. The van der Waals surface area contributed by atoms with Gasteiger partial charge in [0.05, 0.1) is 0 Å². The van der Waals surface area contributed by atoms with Gasteiger partial charge < -0.3 is 0 Å². The van der Waals surface area contributed by atoms with Crippen molar-refractivity contribution in [2.45, 2.75) is 41.0 Å². The molecule has 0 radical (unpaired) electrons. The summed E-state index contributed by atoms with van der Waals surface area (Å²) in [6.07, 6.45) is 6.87. The van der Waals surface area contributed by atoms with Gasteiger partial charge in [0.15, 0.2) is 0 Å². The molecule has 0 fully saturated rings. The van der Waals surface area contributed by atoms with Crippen molar-refractivity contribution in [2.75, 3.05) is 0 Å². The minimum atomic E-state index is 1.05. The standard InChI is InChI=1S/C10H14N2.C2H6/c1-4-5-6-10-8(2)11-7-12-9(10)3;1-2/h5-7H,4H2,1-3H3;1-2H3/b6-5-;. The molecule has 1 heterocycles. The Labute approximate surface area is 87.1 Å². The van der Waals surface area contributed by atoms with Crippen LogP contribution in [0.5, 0.6) is 0 Å². The first-order valence-electron chi connectivity index (χ1n) is 5.20. The van der Waals surface area contributed by atoms with Gasteiger partial charge in [0.2, 0.25) is 0 Å². The van der Waals surface area contributed by atoms with Gasteiger partial charge in [-0.3, -0.25) is 0 Å². The van der Waals surface area contributed by atoms with Crippen molar-refractivity contribution < 1.29 is 0 Å². The number of aromatic nitrogens is 2. The van der Waals surface area contributed by atoms with E-state index in [4.69, 9.17) is 0 Å². The van der Waals surface area contributed by atoms with Gasteiger partial charge in [-0.1, -0.05) is 32.9 Å². The highest BCUT2D eigenvalue weighted by molar-refractivity contribution is 5.53. The van der Waals surface area contributed by atoms with Gasteiger partial charge in [-0.15, -0.1) is 0 Å². The summed E-state index contributed by atoms with van der Waals surface area (Å²) in [7, 11) is 0. The van der Waals surface area contributed by atoms with Crippen molar-refractivity contribution in [3.63, 3.8) is 0 Å². The van der Waals surface area contributed by atoms with Gasteiger partial charge >= 0.3 is 0 Å². The lowest BCUT2D eigenvalue weighted by Gasteiger charge is -2.01. The van der Waals surface area contributed by atoms with Crippen LogP contribution < -0.4 is 0 Å². The molecule has 0 amide bonds. The lowest BCUT2D eigenvalue weighted by Crippen LogP contribution is -1.93. The van der Waals surface area contributed by atoms with Crippen molar-refractivity contribution in [2.24, 2.45) is 0 Å². The van der Waals surface area contributed by atoms with Gasteiger partial charge in [-0.05, 0) is 20.3 Å². The largest absolute Gasteiger partial charge is 0.241 e. The summed E-state index contributed by atoms with van der Waals surface area (Å²) >= 11 is 0. The topological polar surface area (TPSA) is 25.8 Å². The second-order valence-corrected chi connectivity index (χ2v) is 2.77. The van der Waals surface area contributed by atoms with Crippen molar-refractivity contribution in [3.05, 3.63) is 29.4 Å². The number of aryl methyl sites for hydroxylation is 2. The average Bonchev–Trinajstić information content (AvgIpc) is 2.20. The van der Waals surface area contributed by atoms with E-state index in [1.54, 1.807) is 6.33 Å². The van der Waals surface area contributed by atoms with E-state index in [2.05, 4.69) is 29.0 Å². The van der Waals surface area contributed by atoms with E-state index < -0.39 is 0 Å². The van der Waals surface area contributed by atoms with E-state index in [0.29, 0.717) is 0 Å². The molecule has 0 spiro atoms. The second-order valence-electron chi connectivity index (χ2n) is 2.77. The predicted octanol–water partition coefficient (Wildman–Crippen LogP) is 3.54. The molecule has 1 aromatic rings. The Balaban J connectivity index is 0.000000791. The third-order valence-electron chi connectivity index (χ3n) is 1.80. The molecule has 0 aliphatic heterocycles. The molecule has 2 nitrogen and oxygen atoms in total. The van der Waals surface area contributed by atoms with Crippen LogP contribution in [0.2, 0.25) is 0 Å². The molecule has 78 valence electrons. The molecule has 0 saturated carbocycles. The molecule has 1 rings (SSSR count). The highest BCUT2D eigenvalue weighted by Gasteiger charge is 1.98. The van der Waals surface area contributed by atoms with Gasteiger partial charge in [0.1, 0.15) is 6.33 Å². The number of hydrogen-bond donors (Lipinski definition) is 0. The zero-order valence-electron chi connectivity index (χ0n) is 9.83. The zero-order valence-corrected chi connectivity index (χ0v) is 9.83. The summed E-state index contributed by atoms with van der Waals surface area (Å²) in [5.74, 6) is 0. The van der Waals surface area contributed by atoms with Gasteiger partial charge in [-0.25, -0.2) is 9.97 Å². The van der Waals surface area contributed by atoms with Crippen LogP contribution >= 0.6 is 0 Å². The van der Waals surface area contributed by atoms with Gasteiger partial charge in [0, 0.05) is 17.0 Å². The molecule has 14 heavy (non-hydrogen) atoms. The summed E-state index contributed by atoms with van der Waals surface area (Å²) in [6.45, 7) is 10.1. The molecule has 0 unspecified atom stereocenters. The summed E-state index contributed by atoms with van der Waals surface area (Å²) in [5, 5.41) is 0. The second kappa shape index (κ2) is 7.25. The zero-order chi connectivity index (χ0) is 11.0. The van der Waals surface area contributed by atoms with E-state index in [-0.39, 0.29) is 0 Å². The summed E-state index contributed by atoms with van der Waals surface area (Å²) in [6, 6.07) is 0. The molecule has 0 saturated heterocycles. The van der Waals surface area contributed by atoms with Crippen molar-refractivity contribution >= 4 is 6.08 Å². The van der Waals surface area contributed by atoms with Crippen molar-refractivity contribution in [1.29, 1.82) is 0 Å². The third-order valence-corrected chi connectivity index (χ3v) is 1.80. The van der Waals surface area contributed by atoms with E-state index in [9.17, 15) is 0 Å². The predicted molar refractivity (Wildman–Crippen MR) is 62.2 cm³/mol. The Morgan fingerprint density at radius 3 is 2.07 bits per heavy atom. The first-order valence-corrected chi connectivity index (χ1v) is 5.20. The highest BCUT2D eigenvalue weighted by Crippen LogP contribution is 2.10. The minimum Gasteiger partial charge on any atom is -0.241 e. The van der Waals surface area contributed by atoms with Crippen LogP contribution in [0, 0.1) is 13.8 Å². The molecule has 0 bridgehead atoms. The molecule has 0 aliphatic rings. The minimum absolute atomic E-state index is 1.05. The third kappa shape index (κ3) is 3.69. The molecule has 0 aliphatic carbocycles. The quantitative estimate of drug-likeness (QED) is 0.716. The van der Waals surface area contributed by atoms with Crippen molar-refractivity contribution in [1.82, 2.24) is 9.97 Å². The Bertz CT molecular complexity index is 270. The van der Waals surface area contributed by atoms with Crippen LogP contribution in [-0.4, -0.2) is 9.97 Å². The molecule has 0 N–H and O–H groups in total. The Morgan fingerprint density at radius 2 is 1.64 bits per heavy atom. The fourth-order valence-corrected chi connectivity index (χ4v) is 1.08. The van der Waals surface area contributed by atoms with Crippen LogP contribution in [0.25, 0.3) is 6.08 Å². The number of allylic oxidation sites excluding steroid dienone is 1. The highest BCUT2D eigenvalue weighted by atomic mass is 14.8. The number of rotatable bonds is 2. The number of hydrogen-bond acceptors (Lipinski definition) is 2. The van der Waals surface area contributed by atoms with Crippen LogP contribution in [0.3, 0.4) is 0 Å². The number of nitrogens with zero attached hydrogens (tertiary/aromatic N) is 2. The monoisotopic (exact) mass is 192 g/mol. The Morgan fingerprint density at radius 1 is 1.14 bits per heavy atom. The SMILES string of the molecule is CC.CC/C=C\c1c(C)ncnc1C. The lowest BCUT2D eigenvalue weighted by atomic mass is 10.1. The molecule has 0 aromatic carbocycles. The molecular formula is C12H20N2. The van der Waals surface area contributed by atoms with Crippen LogP contribution in [0.4, 0.5) is 0 Å². The smallest absolute Gasteiger partial charge is 0.115 e. The first-order chi connectivity index (χ1) is 6.75. The van der Waals surface area contributed by atoms with E-state index in [1.165, 1.54) is 0 Å². The average molecular weight is 192 g/mol. The van der Waals surface area contributed by atoms with Gasteiger partial charge in [0.25, 0.3) is 0 Å². The maximum absolute atomic E-state index is 4.13. The van der Waals surface area contributed by atoms with Crippen LogP contribution in [0.1, 0.15) is 44.1 Å². The molecular weight excluding hydrogens is 172 g/mol. The summed E-state index contributed by atoms with van der Waals surface area (Å²) < 4.78 is 0. The van der Waals surface area contributed by atoms with Gasteiger partial charge in [-0.2, -0.15) is 0 Å². The molecule has 0 atom stereocenters. The maximum Gasteiger partial charge on any atom is 0.115 e. The maximum atomic E-state index is 4.13. The Kier molecular flexibility index (Phi) is 6.63. The van der Waals surface area contributed by atoms with Crippen LogP contribution in [-0.2, 0) is 0 Å². The fraction of sp³-hybridized carbons (Fsp3) is 0.500. The van der Waals surface area contributed by atoms with Crippen molar-refractivity contribution in [3.8, 4) is 0 Å². The fourth-order valence-electron chi connectivity index (χ4n) is 1.08. The summed E-state index contributed by atoms with van der Waals surface area (Å²) in [4.78, 5) is 8.26. The molecule has 1 aromatic heterocycles. The first kappa shape index (κ1) is 12.8. The summed E-state index contributed by atoms with van der Waals surface area (Å²) in [5.41, 5.74) is 3.25. The van der Waals surface area contributed by atoms with E-state index in [1.807, 2.05) is 27.7 Å². The Hall–Kier alpha value is -1.18. The van der Waals surface area contributed by atoms with E-state index >= 15 is 0 Å².